The molecule has 2 unspecified atom stereocenters. The Kier molecular flexibility index (Phi) is 5.22. The van der Waals surface area contributed by atoms with E-state index in [1.807, 2.05) is 6.07 Å². The molecule has 1 aromatic rings. The lowest BCUT2D eigenvalue weighted by atomic mass is 9.90. The molecule has 0 radical (unpaired) electrons. The highest BCUT2D eigenvalue weighted by Gasteiger charge is 2.50. The molecule has 2 atom stereocenters. The second kappa shape index (κ2) is 6.95. The molecule has 1 aliphatic heterocycles. The zero-order valence-corrected chi connectivity index (χ0v) is 15.4. The number of imide groups is 1. The van der Waals surface area contributed by atoms with Crippen LogP contribution in [0.2, 0.25) is 0 Å². The third-order valence-corrected chi connectivity index (χ3v) is 4.86. The van der Waals surface area contributed by atoms with E-state index in [-0.39, 0.29) is 11.5 Å². The lowest BCUT2D eigenvalue weighted by Crippen LogP contribution is -2.52. The van der Waals surface area contributed by atoms with Crippen molar-refractivity contribution in [3.05, 3.63) is 35.4 Å². The summed E-state index contributed by atoms with van der Waals surface area (Å²) >= 11 is 0. The summed E-state index contributed by atoms with van der Waals surface area (Å²) in [5.74, 6) is -3.92. The van der Waals surface area contributed by atoms with Crippen LogP contribution in [0.4, 0.5) is 13.6 Å². The van der Waals surface area contributed by atoms with Gasteiger partial charge in [-0.15, -0.1) is 0 Å². The molecule has 1 saturated heterocycles. The van der Waals surface area contributed by atoms with E-state index in [0.29, 0.717) is 4.90 Å². The molecule has 2 N–H and O–H groups in total. The molecule has 144 valence electrons. The van der Waals surface area contributed by atoms with Gasteiger partial charge < -0.3 is 10.6 Å². The summed E-state index contributed by atoms with van der Waals surface area (Å²) in [6.45, 7) is 5.76. The average Bonchev–Trinajstić information content (AvgIpc) is 2.81. The van der Waals surface area contributed by atoms with Crippen molar-refractivity contribution in [1.29, 1.82) is 5.26 Å². The van der Waals surface area contributed by atoms with Gasteiger partial charge in [-0.3, -0.25) is 14.5 Å². The predicted molar refractivity (Wildman–Crippen MR) is 91.0 cm³/mol. The van der Waals surface area contributed by atoms with E-state index < -0.39 is 47.1 Å². The van der Waals surface area contributed by atoms with Gasteiger partial charge in [0, 0.05) is 0 Å². The van der Waals surface area contributed by atoms with Crippen molar-refractivity contribution in [1.82, 2.24) is 15.5 Å². The Morgan fingerprint density at radius 2 is 2.00 bits per heavy atom. The molecule has 0 saturated carbocycles. The topological polar surface area (TPSA) is 102 Å². The van der Waals surface area contributed by atoms with Crippen molar-refractivity contribution in [3.63, 3.8) is 0 Å². The van der Waals surface area contributed by atoms with Crippen molar-refractivity contribution in [3.8, 4) is 6.07 Å². The molecule has 1 aromatic carbocycles. The summed E-state index contributed by atoms with van der Waals surface area (Å²) in [6, 6.07) is 4.02. The number of hydrogen-bond donors (Lipinski definition) is 2. The van der Waals surface area contributed by atoms with E-state index in [1.54, 1.807) is 13.8 Å². The number of halogens is 2. The summed E-state index contributed by atoms with van der Waals surface area (Å²) in [6.07, 6.45) is 0. The number of benzene rings is 1. The van der Waals surface area contributed by atoms with Crippen LogP contribution < -0.4 is 10.6 Å². The second-order valence-electron chi connectivity index (χ2n) is 7.09. The van der Waals surface area contributed by atoms with Crippen LogP contribution in [0.3, 0.4) is 0 Å². The molecule has 1 aliphatic rings. The molecular formula is C18H20F2N4O3. The molecule has 2 rings (SSSR count). The van der Waals surface area contributed by atoms with Crippen LogP contribution in [0.25, 0.3) is 0 Å². The lowest BCUT2D eigenvalue weighted by Gasteiger charge is -2.28. The molecule has 0 aromatic heterocycles. The van der Waals surface area contributed by atoms with E-state index >= 15 is 0 Å². The van der Waals surface area contributed by atoms with Crippen LogP contribution >= 0.6 is 0 Å². The molecular weight excluding hydrogens is 358 g/mol. The van der Waals surface area contributed by atoms with Crippen LogP contribution in [-0.4, -0.2) is 34.8 Å². The third-order valence-electron chi connectivity index (χ3n) is 4.86. The number of carbonyl (C=O) groups excluding carboxylic acids is 3. The minimum Gasteiger partial charge on any atom is -0.336 e. The number of hydrogen-bond acceptors (Lipinski definition) is 4. The molecule has 0 aliphatic carbocycles. The van der Waals surface area contributed by atoms with Crippen LogP contribution in [0.5, 0.6) is 0 Å². The van der Waals surface area contributed by atoms with Crippen LogP contribution in [0.1, 0.15) is 33.3 Å². The summed E-state index contributed by atoms with van der Waals surface area (Å²) < 4.78 is 26.7. The molecule has 0 bridgehead atoms. The van der Waals surface area contributed by atoms with Gasteiger partial charge in [0.05, 0.1) is 6.07 Å². The van der Waals surface area contributed by atoms with Gasteiger partial charge >= 0.3 is 6.03 Å². The number of carbonyl (C=O) groups is 3. The predicted octanol–water partition coefficient (Wildman–Crippen LogP) is 1.79. The largest absolute Gasteiger partial charge is 0.336 e. The Balaban J connectivity index is 2.22. The minimum absolute atomic E-state index is 0.0479. The standard InChI is InChI=1S/C18H20F2N4O3/c1-10(2)17(3,9-21)22-14(25)8-24-15(26)18(4,23-16(24)27)11-5-6-12(19)13(20)7-11/h5-7,10H,8H2,1-4H3,(H,22,25)(H,23,27). The minimum atomic E-state index is -1.64. The Morgan fingerprint density at radius 3 is 2.52 bits per heavy atom. The van der Waals surface area contributed by atoms with Gasteiger partial charge in [-0.05, 0) is 37.5 Å². The maximum absolute atomic E-state index is 13.5. The highest BCUT2D eigenvalue weighted by molar-refractivity contribution is 6.09. The summed E-state index contributed by atoms with van der Waals surface area (Å²) in [4.78, 5) is 37.9. The van der Waals surface area contributed by atoms with E-state index in [2.05, 4.69) is 10.6 Å². The number of amides is 4. The van der Waals surface area contributed by atoms with Gasteiger partial charge in [0.15, 0.2) is 11.6 Å². The quantitative estimate of drug-likeness (QED) is 0.763. The average molecular weight is 378 g/mol. The fourth-order valence-electron chi connectivity index (χ4n) is 2.62. The number of nitrogens with zero attached hydrogens (tertiary/aromatic N) is 2. The Bertz CT molecular complexity index is 851. The van der Waals surface area contributed by atoms with Gasteiger partial charge in [0.25, 0.3) is 5.91 Å². The number of rotatable bonds is 5. The van der Waals surface area contributed by atoms with Gasteiger partial charge in [0.1, 0.15) is 17.6 Å². The highest BCUT2D eigenvalue weighted by Crippen LogP contribution is 2.29. The van der Waals surface area contributed by atoms with Crippen molar-refractivity contribution in [2.45, 2.75) is 38.8 Å². The summed E-state index contributed by atoms with van der Waals surface area (Å²) in [5, 5.41) is 14.2. The van der Waals surface area contributed by atoms with Crippen molar-refractivity contribution >= 4 is 17.8 Å². The van der Waals surface area contributed by atoms with E-state index in [0.717, 1.165) is 12.1 Å². The first-order valence-corrected chi connectivity index (χ1v) is 8.26. The van der Waals surface area contributed by atoms with Gasteiger partial charge in [-0.25, -0.2) is 13.6 Å². The number of urea groups is 1. The first-order chi connectivity index (χ1) is 12.4. The Morgan fingerprint density at radius 1 is 1.37 bits per heavy atom. The van der Waals surface area contributed by atoms with Crippen LogP contribution in [0, 0.1) is 28.9 Å². The highest BCUT2D eigenvalue weighted by atomic mass is 19.2. The maximum Gasteiger partial charge on any atom is 0.325 e. The molecule has 1 fully saturated rings. The van der Waals surface area contributed by atoms with E-state index in [9.17, 15) is 28.4 Å². The van der Waals surface area contributed by atoms with Crippen molar-refractivity contribution in [2.24, 2.45) is 5.92 Å². The van der Waals surface area contributed by atoms with Crippen molar-refractivity contribution < 1.29 is 23.2 Å². The zero-order chi connectivity index (χ0) is 20.6. The molecule has 1 heterocycles. The van der Waals surface area contributed by atoms with Gasteiger partial charge in [0.2, 0.25) is 5.91 Å². The first-order valence-electron chi connectivity index (χ1n) is 8.26. The molecule has 9 heteroatoms. The second-order valence-corrected chi connectivity index (χ2v) is 7.09. The molecule has 27 heavy (non-hydrogen) atoms. The smallest absolute Gasteiger partial charge is 0.325 e. The Hall–Kier alpha value is -3.02. The lowest BCUT2D eigenvalue weighted by molar-refractivity contribution is -0.135. The van der Waals surface area contributed by atoms with Crippen LogP contribution in [0.15, 0.2) is 18.2 Å². The zero-order valence-electron chi connectivity index (χ0n) is 15.4. The molecule has 4 amide bonds. The summed E-state index contributed by atoms with van der Waals surface area (Å²) in [7, 11) is 0. The fraction of sp³-hybridized carbons (Fsp3) is 0.444. The molecule has 0 spiro atoms. The SMILES string of the molecule is CC(C)C(C)(C#N)NC(=O)CN1C(=O)NC(C)(c2ccc(F)c(F)c2)C1=O. The third kappa shape index (κ3) is 3.60. The van der Waals surface area contributed by atoms with Gasteiger partial charge in [-0.1, -0.05) is 19.9 Å². The normalized spacial score (nSPS) is 21.6. The number of nitriles is 1. The first kappa shape index (κ1) is 20.3. The summed E-state index contributed by atoms with van der Waals surface area (Å²) in [5.41, 5.74) is -2.76. The Labute approximate surface area is 155 Å². The van der Waals surface area contributed by atoms with Crippen molar-refractivity contribution in [2.75, 3.05) is 6.54 Å². The van der Waals surface area contributed by atoms with Crippen LogP contribution in [-0.2, 0) is 15.1 Å². The number of nitrogens with one attached hydrogen (secondary N) is 2. The monoisotopic (exact) mass is 378 g/mol. The van der Waals surface area contributed by atoms with E-state index in [4.69, 9.17) is 0 Å². The molecule has 7 nitrogen and oxygen atoms in total. The maximum atomic E-state index is 13.5. The van der Waals surface area contributed by atoms with Gasteiger partial charge in [-0.2, -0.15) is 5.26 Å². The fourth-order valence-corrected chi connectivity index (χ4v) is 2.62. The van der Waals surface area contributed by atoms with E-state index in [1.165, 1.54) is 19.9 Å².